The van der Waals surface area contributed by atoms with Crippen LogP contribution < -0.4 is 20.9 Å². The van der Waals surface area contributed by atoms with E-state index in [4.69, 9.17) is 20.9 Å². The Labute approximate surface area is 121 Å². The van der Waals surface area contributed by atoms with Gasteiger partial charge in [-0.15, -0.1) is 0 Å². The number of amides is 1. The quantitative estimate of drug-likeness (QED) is 0.825. The molecule has 0 bridgehead atoms. The van der Waals surface area contributed by atoms with Crippen LogP contribution >= 0.6 is 0 Å². The minimum atomic E-state index is -0.660. The molecule has 0 aromatic heterocycles. The van der Waals surface area contributed by atoms with Crippen LogP contribution in [0.15, 0.2) is 36.4 Å². The molecule has 5 nitrogen and oxygen atoms in total. The second-order valence-electron chi connectivity index (χ2n) is 4.37. The van der Waals surface area contributed by atoms with Gasteiger partial charge in [0.25, 0.3) is 5.91 Å². The van der Waals surface area contributed by atoms with Gasteiger partial charge in [-0.3, -0.25) is 4.79 Å². The van der Waals surface area contributed by atoms with Crippen LogP contribution in [0.2, 0.25) is 0 Å². The molecule has 0 aliphatic rings. The summed E-state index contributed by atoms with van der Waals surface area (Å²) >= 11 is 0. The molecule has 0 saturated carbocycles. The highest BCUT2D eigenvalue weighted by atomic mass is 19.1. The van der Waals surface area contributed by atoms with Gasteiger partial charge in [0.05, 0.1) is 12.7 Å². The van der Waals surface area contributed by atoms with Gasteiger partial charge in [0.1, 0.15) is 23.9 Å². The highest BCUT2D eigenvalue weighted by molar-refractivity contribution is 5.96. The van der Waals surface area contributed by atoms with Crippen LogP contribution in [0.5, 0.6) is 11.5 Å². The first-order chi connectivity index (χ1) is 10.0. The third kappa shape index (κ3) is 3.42. The monoisotopic (exact) mass is 290 g/mol. The average Bonchev–Trinajstić information content (AvgIpc) is 2.46. The third-order valence-corrected chi connectivity index (χ3v) is 2.91. The van der Waals surface area contributed by atoms with Crippen molar-refractivity contribution >= 4 is 11.6 Å². The van der Waals surface area contributed by atoms with E-state index in [-0.39, 0.29) is 17.9 Å². The second kappa shape index (κ2) is 6.13. The molecule has 2 aromatic carbocycles. The number of carbonyl (C=O) groups excluding carboxylic acids is 1. The van der Waals surface area contributed by atoms with E-state index in [1.807, 2.05) is 0 Å². The maximum atomic E-state index is 13.8. The number of nitrogens with two attached hydrogens (primary N) is 2. The summed E-state index contributed by atoms with van der Waals surface area (Å²) in [5.74, 6) is -0.439. The predicted octanol–water partition coefficient (Wildman–Crippen LogP) is 2.09. The van der Waals surface area contributed by atoms with Gasteiger partial charge in [0, 0.05) is 17.3 Å². The molecule has 2 aromatic rings. The summed E-state index contributed by atoms with van der Waals surface area (Å²) in [4.78, 5) is 11.3. The maximum Gasteiger partial charge on any atom is 0.252 e. The lowest BCUT2D eigenvalue weighted by atomic mass is 10.1. The Morgan fingerprint density at radius 1 is 1.24 bits per heavy atom. The lowest BCUT2D eigenvalue weighted by molar-refractivity contribution is 0.0996. The van der Waals surface area contributed by atoms with Crippen molar-refractivity contribution in [3.8, 4) is 11.5 Å². The van der Waals surface area contributed by atoms with Gasteiger partial charge in [-0.2, -0.15) is 0 Å². The number of rotatable bonds is 5. The number of benzene rings is 2. The van der Waals surface area contributed by atoms with Gasteiger partial charge < -0.3 is 20.9 Å². The smallest absolute Gasteiger partial charge is 0.252 e. The number of hydrogen-bond acceptors (Lipinski definition) is 4. The summed E-state index contributed by atoms with van der Waals surface area (Å²) in [6.07, 6.45) is 0. The normalized spacial score (nSPS) is 10.2. The first-order valence-electron chi connectivity index (χ1n) is 6.16. The molecular weight excluding hydrogens is 275 g/mol. The molecule has 0 atom stereocenters. The zero-order valence-electron chi connectivity index (χ0n) is 11.4. The minimum absolute atomic E-state index is 0.0416. The number of anilines is 1. The van der Waals surface area contributed by atoms with Crippen molar-refractivity contribution < 1.29 is 18.7 Å². The molecule has 1 amide bonds. The van der Waals surface area contributed by atoms with Crippen LogP contribution in [0.1, 0.15) is 15.9 Å². The van der Waals surface area contributed by atoms with Crippen molar-refractivity contribution in [3.05, 3.63) is 53.3 Å². The third-order valence-electron chi connectivity index (χ3n) is 2.91. The van der Waals surface area contributed by atoms with Crippen LogP contribution in [0.3, 0.4) is 0 Å². The van der Waals surface area contributed by atoms with Crippen LogP contribution in [-0.4, -0.2) is 13.0 Å². The predicted molar refractivity (Wildman–Crippen MR) is 76.7 cm³/mol. The number of halogens is 1. The molecule has 0 saturated heterocycles. The maximum absolute atomic E-state index is 13.8. The molecule has 0 heterocycles. The van der Waals surface area contributed by atoms with Gasteiger partial charge in [-0.25, -0.2) is 4.39 Å². The van der Waals surface area contributed by atoms with Crippen molar-refractivity contribution in [2.75, 3.05) is 12.8 Å². The van der Waals surface area contributed by atoms with E-state index < -0.39 is 11.7 Å². The van der Waals surface area contributed by atoms with Crippen LogP contribution in [0.25, 0.3) is 0 Å². The van der Waals surface area contributed by atoms with Crippen molar-refractivity contribution in [1.29, 1.82) is 0 Å². The number of carbonyl (C=O) groups is 1. The highest BCUT2D eigenvalue weighted by Gasteiger charge is 2.11. The average molecular weight is 290 g/mol. The molecule has 0 unspecified atom stereocenters. The van der Waals surface area contributed by atoms with Gasteiger partial charge >= 0.3 is 0 Å². The molecular formula is C15H15FN2O3. The molecule has 4 N–H and O–H groups in total. The number of hydrogen-bond donors (Lipinski definition) is 2. The van der Waals surface area contributed by atoms with E-state index in [1.165, 1.54) is 25.3 Å². The number of ether oxygens (including phenoxy) is 2. The summed E-state index contributed by atoms with van der Waals surface area (Å²) < 4.78 is 24.2. The Morgan fingerprint density at radius 3 is 2.62 bits per heavy atom. The Morgan fingerprint density at radius 2 is 2.00 bits per heavy atom. The fraction of sp³-hybridized carbons (Fsp3) is 0.133. The molecule has 6 heteroatoms. The van der Waals surface area contributed by atoms with E-state index in [1.54, 1.807) is 18.2 Å². The first kappa shape index (κ1) is 14.6. The zero-order valence-corrected chi connectivity index (χ0v) is 11.4. The van der Waals surface area contributed by atoms with Crippen LogP contribution in [0, 0.1) is 5.82 Å². The number of primary amides is 1. The van der Waals surface area contributed by atoms with Crippen LogP contribution in [-0.2, 0) is 6.61 Å². The molecule has 0 spiro atoms. The molecule has 0 radical (unpaired) electrons. The molecule has 0 fully saturated rings. The number of methoxy groups -OCH3 is 1. The summed E-state index contributed by atoms with van der Waals surface area (Å²) in [5.41, 5.74) is 11.7. The van der Waals surface area contributed by atoms with Gasteiger partial charge in [0.2, 0.25) is 0 Å². The van der Waals surface area contributed by atoms with Crippen LogP contribution in [0.4, 0.5) is 10.1 Å². The first-order valence-corrected chi connectivity index (χ1v) is 6.16. The zero-order chi connectivity index (χ0) is 15.4. The van der Waals surface area contributed by atoms with Gasteiger partial charge in [-0.1, -0.05) is 0 Å². The van der Waals surface area contributed by atoms with Gasteiger partial charge in [0.15, 0.2) is 0 Å². The number of nitrogen functional groups attached to an aromatic ring is 1. The topological polar surface area (TPSA) is 87.6 Å². The standard InChI is InChI=1S/C15H15FN2O3/c1-20-11-4-2-9(13(16)7-11)8-21-14-5-3-10(17)6-12(14)15(18)19/h2-7H,8,17H2,1H3,(H2,18,19). The van der Waals surface area contributed by atoms with Crippen molar-refractivity contribution in [2.45, 2.75) is 6.61 Å². The van der Waals surface area contributed by atoms with E-state index in [0.29, 0.717) is 17.0 Å². The van der Waals surface area contributed by atoms with Crippen molar-refractivity contribution in [2.24, 2.45) is 5.73 Å². The molecule has 2 rings (SSSR count). The fourth-order valence-electron chi connectivity index (χ4n) is 1.79. The minimum Gasteiger partial charge on any atom is -0.497 e. The summed E-state index contributed by atoms with van der Waals surface area (Å²) in [5, 5.41) is 0. The Bertz CT molecular complexity index is 674. The molecule has 110 valence electrons. The largest absolute Gasteiger partial charge is 0.497 e. The van der Waals surface area contributed by atoms with Crippen molar-refractivity contribution in [3.63, 3.8) is 0 Å². The van der Waals surface area contributed by atoms with E-state index in [0.717, 1.165) is 0 Å². The molecule has 21 heavy (non-hydrogen) atoms. The summed E-state index contributed by atoms with van der Waals surface area (Å²) in [6, 6.07) is 8.96. The lowest BCUT2D eigenvalue weighted by Gasteiger charge is -2.11. The Balaban J connectivity index is 2.18. The second-order valence-corrected chi connectivity index (χ2v) is 4.37. The van der Waals surface area contributed by atoms with E-state index >= 15 is 0 Å². The fourth-order valence-corrected chi connectivity index (χ4v) is 1.79. The Hall–Kier alpha value is -2.76. The summed E-state index contributed by atoms with van der Waals surface area (Å²) in [6.45, 7) is -0.0416. The lowest BCUT2D eigenvalue weighted by Crippen LogP contribution is -2.13. The van der Waals surface area contributed by atoms with Crippen molar-refractivity contribution in [1.82, 2.24) is 0 Å². The Kier molecular flexibility index (Phi) is 4.27. The SMILES string of the molecule is COc1ccc(COc2ccc(N)cc2C(N)=O)c(F)c1. The van der Waals surface area contributed by atoms with E-state index in [2.05, 4.69) is 0 Å². The molecule has 0 aliphatic heterocycles. The summed E-state index contributed by atoms with van der Waals surface area (Å²) in [7, 11) is 1.46. The van der Waals surface area contributed by atoms with Gasteiger partial charge in [-0.05, 0) is 30.3 Å². The molecule has 0 aliphatic carbocycles. The highest BCUT2D eigenvalue weighted by Crippen LogP contribution is 2.23. The van der Waals surface area contributed by atoms with E-state index in [9.17, 15) is 9.18 Å².